The lowest BCUT2D eigenvalue weighted by Gasteiger charge is -2.21. The molecule has 1 aromatic carbocycles. The summed E-state index contributed by atoms with van der Waals surface area (Å²) < 4.78 is 0. The number of amides is 1. The van der Waals surface area contributed by atoms with Crippen LogP contribution in [0.5, 0.6) is 0 Å². The number of nitrogens with zero attached hydrogens (tertiary/aromatic N) is 2. The topological polar surface area (TPSA) is 23.6 Å². The van der Waals surface area contributed by atoms with Crippen molar-refractivity contribution >= 4 is 11.6 Å². The Balaban J connectivity index is 1.79. The van der Waals surface area contributed by atoms with Gasteiger partial charge in [0, 0.05) is 38.3 Å². The van der Waals surface area contributed by atoms with Crippen molar-refractivity contribution in [2.24, 2.45) is 11.8 Å². The molecule has 0 saturated carbocycles. The molecule has 0 unspecified atom stereocenters. The van der Waals surface area contributed by atoms with Crippen LogP contribution in [0.2, 0.25) is 0 Å². The third-order valence-electron chi connectivity index (χ3n) is 3.76. The first-order valence-corrected chi connectivity index (χ1v) is 5.80. The standard InChI is InChI=1S/C13H16N2O/c1-14-7-10-8-15(9-12(10)13(14)16)11-5-3-2-4-6-11/h2-6,10,12H,7-9H2,1H3/t10-,12+/m1/s1. The number of rotatable bonds is 1. The number of carbonyl (C=O) groups is 1. The number of anilines is 1. The van der Waals surface area contributed by atoms with Gasteiger partial charge in [-0.2, -0.15) is 0 Å². The zero-order chi connectivity index (χ0) is 11.1. The largest absolute Gasteiger partial charge is 0.370 e. The predicted octanol–water partition coefficient (Wildman–Crippen LogP) is 1.21. The number of hydrogen-bond acceptors (Lipinski definition) is 2. The van der Waals surface area contributed by atoms with Gasteiger partial charge in [-0.15, -0.1) is 0 Å². The molecular weight excluding hydrogens is 200 g/mol. The van der Waals surface area contributed by atoms with Gasteiger partial charge in [0.05, 0.1) is 5.92 Å². The Bertz CT molecular complexity index is 404. The first kappa shape index (κ1) is 9.70. The Morgan fingerprint density at radius 3 is 2.56 bits per heavy atom. The quantitative estimate of drug-likeness (QED) is 0.704. The predicted molar refractivity (Wildman–Crippen MR) is 63.3 cm³/mol. The van der Waals surface area contributed by atoms with Crippen LogP contribution in [0.4, 0.5) is 5.69 Å². The summed E-state index contributed by atoms with van der Waals surface area (Å²) in [5, 5.41) is 0. The maximum absolute atomic E-state index is 11.9. The van der Waals surface area contributed by atoms with Crippen LogP contribution in [-0.4, -0.2) is 37.5 Å². The summed E-state index contributed by atoms with van der Waals surface area (Å²) >= 11 is 0. The average Bonchev–Trinajstić information content (AvgIpc) is 2.82. The van der Waals surface area contributed by atoms with Crippen molar-refractivity contribution < 1.29 is 4.79 Å². The van der Waals surface area contributed by atoms with Crippen LogP contribution < -0.4 is 4.90 Å². The van der Waals surface area contributed by atoms with E-state index in [1.54, 1.807) is 0 Å². The molecule has 0 radical (unpaired) electrons. The SMILES string of the molecule is CN1C[C@@H]2CN(c3ccccc3)C[C@@H]2C1=O. The summed E-state index contributed by atoms with van der Waals surface area (Å²) in [6.45, 7) is 2.83. The minimum atomic E-state index is 0.227. The molecule has 0 spiro atoms. The molecule has 0 N–H and O–H groups in total. The lowest BCUT2D eigenvalue weighted by Crippen LogP contribution is -2.30. The van der Waals surface area contributed by atoms with Crippen LogP contribution in [0.1, 0.15) is 0 Å². The number of fused-ring (bicyclic) bond motifs is 1. The molecule has 3 nitrogen and oxygen atoms in total. The van der Waals surface area contributed by atoms with E-state index in [-0.39, 0.29) is 5.92 Å². The molecule has 0 aliphatic carbocycles. The lowest BCUT2D eigenvalue weighted by molar-refractivity contribution is -0.129. The molecule has 2 saturated heterocycles. The lowest BCUT2D eigenvalue weighted by atomic mass is 10.0. The minimum absolute atomic E-state index is 0.227. The van der Waals surface area contributed by atoms with Gasteiger partial charge < -0.3 is 9.80 Å². The molecule has 2 heterocycles. The van der Waals surface area contributed by atoms with Gasteiger partial charge in [0.25, 0.3) is 0 Å². The van der Waals surface area contributed by atoms with E-state index in [0.717, 1.165) is 19.6 Å². The van der Waals surface area contributed by atoms with Crippen LogP contribution in [0, 0.1) is 11.8 Å². The summed E-state index contributed by atoms with van der Waals surface area (Å²) in [7, 11) is 1.91. The minimum Gasteiger partial charge on any atom is -0.370 e. The molecule has 2 atom stereocenters. The maximum atomic E-state index is 11.9. The maximum Gasteiger partial charge on any atom is 0.227 e. The Kier molecular flexibility index (Phi) is 2.13. The molecule has 0 bridgehead atoms. The van der Waals surface area contributed by atoms with Gasteiger partial charge in [-0.05, 0) is 12.1 Å². The van der Waals surface area contributed by atoms with Crippen molar-refractivity contribution in [2.75, 3.05) is 31.6 Å². The molecule has 3 rings (SSSR count). The van der Waals surface area contributed by atoms with Crippen LogP contribution in [-0.2, 0) is 4.79 Å². The molecule has 1 amide bonds. The van der Waals surface area contributed by atoms with Crippen molar-refractivity contribution in [3.05, 3.63) is 30.3 Å². The Morgan fingerprint density at radius 1 is 1.12 bits per heavy atom. The summed E-state index contributed by atoms with van der Waals surface area (Å²) in [5.41, 5.74) is 1.24. The number of likely N-dealkylation sites (tertiary alicyclic amines) is 1. The van der Waals surface area contributed by atoms with Crippen LogP contribution >= 0.6 is 0 Å². The van der Waals surface area contributed by atoms with Crippen molar-refractivity contribution in [2.45, 2.75) is 0 Å². The van der Waals surface area contributed by atoms with Crippen LogP contribution in [0.15, 0.2) is 30.3 Å². The van der Waals surface area contributed by atoms with Gasteiger partial charge in [0.2, 0.25) is 5.91 Å². The second-order valence-electron chi connectivity index (χ2n) is 4.83. The Hall–Kier alpha value is -1.51. The molecule has 1 aromatic rings. The molecule has 2 aliphatic rings. The molecule has 0 aromatic heterocycles. The summed E-state index contributed by atoms with van der Waals surface area (Å²) in [4.78, 5) is 16.1. The smallest absolute Gasteiger partial charge is 0.227 e. The van der Waals surface area contributed by atoms with E-state index in [0.29, 0.717) is 11.8 Å². The first-order chi connectivity index (χ1) is 7.75. The van der Waals surface area contributed by atoms with E-state index in [1.165, 1.54) is 5.69 Å². The summed E-state index contributed by atoms with van der Waals surface area (Å²) in [5.74, 6) is 1.08. The summed E-state index contributed by atoms with van der Waals surface area (Å²) in [6.07, 6.45) is 0. The van der Waals surface area contributed by atoms with Crippen molar-refractivity contribution in [1.29, 1.82) is 0 Å². The van der Waals surface area contributed by atoms with E-state index in [9.17, 15) is 4.79 Å². The highest BCUT2D eigenvalue weighted by Crippen LogP contribution is 2.33. The van der Waals surface area contributed by atoms with E-state index in [1.807, 2.05) is 18.0 Å². The average molecular weight is 216 g/mol. The second kappa shape index (κ2) is 3.51. The highest BCUT2D eigenvalue weighted by atomic mass is 16.2. The third-order valence-corrected chi connectivity index (χ3v) is 3.76. The van der Waals surface area contributed by atoms with E-state index in [4.69, 9.17) is 0 Å². The molecular formula is C13H16N2O. The fourth-order valence-electron chi connectivity index (χ4n) is 2.91. The van der Waals surface area contributed by atoms with Gasteiger partial charge in [0.1, 0.15) is 0 Å². The van der Waals surface area contributed by atoms with E-state index >= 15 is 0 Å². The summed E-state index contributed by atoms with van der Waals surface area (Å²) in [6, 6.07) is 10.4. The normalized spacial score (nSPS) is 28.7. The molecule has 16 heavy (non-hydrogen) atoms. The van der Waals surface area contributed by atoms with Crippen molar-refractivity contribution in [3.8, 4) is 0 Å². The zero-order valence-electron chi connectivity index (χ0n) is 9.47. The van der Waals surface area contributed by atoms with Crippen molar-refractivity contribution in [1.82, 2.24) is 4.90 Å². The number of benzene rings is 1. The van der Waals surface area contributed by atoms with Gasteiger partial charge in [-0.1, -0.05) is 18.2 Å². The highest BCUT2D eigenvalue weighted by Gasteiger charge is 2.44. The number of hydrogen-bond donors (Lipinski definition) is 0. The molecule has 2 fully saturated rings. The van der Waals surface area contributed by atoms with E-state index in [2.05, 4.69) is 29.2 Å². The first-order valence-electron chi connectivity index (χ1n) is 5.80. The third kappa shape index (κ3) is 1.39. The number of carbonyl (C=O) groups excluding carboxylic acids is 1. The zero-order valence-corrected chi connectivity index (χ0v) is 9.47. The van der Waals surface area contributed by atoms with Gasteiger partial charge in [0.15, 0.2) is 0 Å². The fourth-order valence-corrected chi connectivity index (χ4v) is 2.91. The molecule has 3 heteroatoms. The van der Waals surface area contributed by atoms with Crippen LogP contribution in [0.3, 0.4) is 0 Å². The monoisotopic (exact) mass is 216 g/mol. The molecule has 2 aliphatic heterocycles. The van der Waals surface area contributed by atoms with Gasteiger partial charge in [-0.3, -0.25) is 4.79 Å². The fraction of sp³-hybridized carbons (Fsp3) is 0.462. The van der Waals surface area contributed by atoms with Crippen LogP contribution in [0.25, 0.3) is 0 Å². The molecule has 84 valence electrons. The van der Waals surface area contributed by atoms with Crippen molar-refractivity contribution in [3.63, 3.8) is 0 Å². The Morgan fingerprint density at radius 2 is 1.88 bits per heavy atom. The van der Waals surface area contributed by atoms with Gasteiger partial charge >= 0.3 is 0 Å². The number of para-hydroxylation sites is 1. The Labute approximate surface area is 95.7 Å². The highest BCUT2D eigenvalue weighted by molar-refractivity contribution is 5.82. The van der Waals surface area contributed by atoms with Gasteiger partial charge in [-0.25, -0.2) is 0 Å². The second-order valence-corrected chi connectivity index (χ2v) is 4.83. The van der Waals surface area contributed by atoms with E-state index < -0.39 is 0 Å².